The Morgan fingerprint density at radius 3 is 2.73 bits per heavy atom. The molecular formula is C7H12N4. The van der Waals surface area contributed by atoms with E-state index in [1.807, 2.05) is 20.3 Å². The van der Waals surface area contributed by atoms with Crippen molar-refractivity contribution in [3.8, 4) is 0 Å². The Morgan fingerprint density at radius 2 is 2.36 bits per heavy atom. The van der Waals surface area contributed by atoms with Gasteiger partial charge in [0.2, 0.25) is 0 Å². The molecule has 0 unspecified atom stereocenters. The van der Waals surface area contributed by atoms with Crippen LogP contribution in [0.3, 0.4) is 0 Å². The van der Waals surface area contributed by atoms with Crippen molar-refractivity contribution in [2.45, 2.75) is 18.4 Å². The summed E-state index contributed by atoms with van der Waals surface area (Å²) < 4.78 is 1.74. The highest BCUT2D eigenvalue weighted by Crippen LogP contribution is 2.43. The second-order valence-corrected chi connectivity index (χ2v) is 3.11. The predicted octanol–water partition coefficient (Wildman–Crippen LogP) is 0.0236. The first kappa shape index (κ1) is 6.79. The van der Waals surface area contributed by atoms with Gasteiger partial charge in [-0.05, 0) is 19.9 Å². The molecule has 0 radical (unpaired) electrons. The summed E-state index contributed by atoms with van der Waals surface area (Å²) in [4.78, 5) is 0. The lowest BCUT2D eigenvalue weighted by molar-refractivity contribution is 0.565. The summed E-state index contributed by atoms with van der Waals surface area (Å²) in [6, 6.07) is 0. The van der Waals surface area contributed by atoms with Crippen molar-refractivity contribution in [1.29, 1.82) is 0 Å². The Morgan fingerprint density at radius 1 is 1.64 bits per heavy atom. The number of rotatable bonds is 2. The van der Waals surface area contributed by atoms with E-state index >= 15 is 0 Å². The van der Waals surface area contributed by atoms with Crippen LogP contribution in [-0.2, 0) is 12.6 Å². The minimum absolute atomic E-state index is 0.161. The lowest BCUT2D eigenvalue weighted by Crippen LogP contribution is -2.24. The van der Waals surface area contributed by atoms with Gasteiger partial charge in [0.05, 0.1) is 5.54 Å². The number of nitrogens with zero attached hydrogens (tertiary/aromatic N) is 3. The van der Waals surface area contributed by atoms with Crippen molar-refractivity contribution < 1.29 is 0 Å². The van der Waals surface area contributed by atoms with Crippen molar-refractivity contribution in [3.63, 3.8) is 0 Å². The fourth-order valence-electron chi connectivity index (χ4n) is 1.33. The monoisotopic (exact) mass is 152 g/mol. The van der Waals surface area contributed by atoms with E-state index < -0.39 is 0 Å². The molecule has 0 amide bonds. The molecule has 4 heteroatoms. The van der Waals surface area contributed by atoms with Crippen LogP contribution in [-0.4, -0.2) is 22.0 Å². The van der Waals surface area contributed by atoms with Gasteiger partial charge in [0.15, 0.2) is 0 Å². The van der Waals surface area contributed by atoms with E-state index in [0.717, 1.165) is 5.69 Å². The fraction of sp³-hybridized carbons (Fsp3) is 0.714. The van der Waals surface area contributed by atoms with E-state index in [9.17, 15) is 0 Å². The molecule has 0 saturated heterocycles. The van der Waals surface area contributed by atoms with E-state index in [4.69, 9.17) is 0 Å². The Hall–Kier alpha value is -0.900. The highest BCUT2D eigenvalue weighted by molar-refractivity contribution is 5.18. The van der Waals surface area contributed by atoms with E-state index in [1.54, 1.807) is 4.68 Å². The third-order valence-electron chi connectivity index (χ3n) is 2.32. The topological polar surface area (TPSA) is 42.7 Å². The number of hydrogen-bond acceptors (Lipinski definition) is 3. The van der Waals surface area contributed by atoms with Gasteiger partial charge in [-0.2, -0.15) is 0 Å². The van der Waals surface area contributed by atoms with Crippen LogP contribution in [0.25, 0.3) is 0 Å². The van der Waals surface area contributed by atoms with Gasteiger partial charge in [-0.1, -0.05) is 5.21 Å². The minimum atomic E-state index is 0.161. The number of aromatic nitrogens is 3. The summed E-state index contributed by atoms with van der Waals surface area (Å²) in [6.07, 6.45) is 4.34. The van der Waals surface area contributed by atoms with Crippen LogP contribution >= 0.6 is 0 Å². The van der Waals surface area contributed by atoms with Gasteiger partial charge in [0.25, 0.3) is 0 Å². The zero-order valence-electron chi connectivity index (χ0n) is 6.83. The van der Waals surface area contributed by atoms with E-state index in [1.165, 1.54) is 12.8 Å². The van der Waals surface area contributed by atoms with Crippen molar-refractivity contribution in [2.75, 3.05) is 7.05 Å². The largest absolute Gasteiger partial charge is 0.309 e. The van der Waals surface area contributed by atoms with Crippen molar-refractivity contribution in [1.82, 2.24) is 20.3 Å². The van der Waals surface area contributed by atoms with Crippen LogP contribution in [0, 0.1) is 0 Å². The molecule has 0 atom stereocenters. The number of aryl methyl sites for hydroxylation is 1. The summed E-state index contributed by atoms with van der Waals surface area (Å²) in [5.74, 6) is 0. The lowest BCUT2D eigenvalue weighted by Gasteiger charge is -2.08. The first-order chi connectivity index (χ1) is 5.27. The maximum Gasteiger partial charge on any atom is 0.103 e. The smallest absolute Gasteiger partial charge is 0.103 e. The second-order valence-electron chi connectivity index (χ2n) is 3.11. The van der Waals surface area contributed by atoms with Crippen LogP contribution in [0.5, 0.6) is 0 Å². The molecule has 2 rings (SSSR count). The van der Waals surface area contributed by atoms with Gasteiger partial charge in [0, 0.05) is 13.2 Å². The van der Waals surface area contributed by atoms with Gasteiger partial charge in [-0.15, -0.1) is 5.10 Å². The zero-order valence-corrected chi connectivity index (χ0v) is 6.83. The maximum absolute atomic E-state index is 4.07. The molecule has 1 aliphatic carbocycles. The molecule has 1 saturated carbocycles. The van der Waals surface area contributed by atoms with Gasteiger partial charge in [-0.3, -0.25) is 4.68 Å². The van der Waals surface area contributed by atoms with Crippen LogP contribution in [0.4, 0.5) is 0 Å². The molecule has 0 aliphatic heterocycles. The number of hydrogen-bond donors (Lipinski definition) is 1. The summed E-state index contributed by atoms with van der Waals surface area (Å²) in [5.41, 5.74) is 1.23. The first-order valence-electron chi connectivity index (χ1n) is 3.82. The number of nitrogens with one attached hydrogen (secondary N) is 1. The molecule has 1 fully saturated rings. The Labute approximate surface area is 65.6 Å². The molecule has 60 valence electrons. The zero-order chi connectivity index (χ0) is 7.90. The molecule has 0 aromatic carbocycles. The SMILES string of the molecule is CNC1(c2cn(C)nn2)CC1. The van der Waals surface area contributed by atoms with Crippen LogP contribution < -0.4 is 5.32 Å². The fourth-order valence-corrected chi connectivity index (χ4v) is 1.33. The molecule has 0 bridgehead atoms. The van der Waals surface area contributed by atoms with Crippen molar-refractivity contribution in [2.24, 2.45) is 7.05 Å². The molecule has 1 aromatic heterocycles. The van der Waals surface area contributed by atoms with Gasteiger partial charge >= 0.3 is 0 Å². The highest BCUT2D eigenvalue weighted by Gasteiger charge is 2.45. The molecule has 0 spiro atoms. The Balaban J connectivity index is 2.29. The molecule has 4 nitrogen and oxygen atoms in total. The average Bonchev–Trinajstić information content (AvgIpc) is 2.70. The van der Waals surface area contributed by atoms with Crippen molar-refractivity contribution in [3.05, 3.63) is 11.9 Å². The normalized spacial score (nSPS) is 20.2. The minimum Gasteiger partial charge on any atom is -0.309 e. The Kier molecular flexibility index (Phi) is 1.26. The third-order valence-corrected chi connectivity index (χ3v) is 2.32. The van der Waals surface area contributed by atoms with E-state index in [0.29, 0.717) is 0 Å². The molecule has 1 aromatic rings. The quantitative estimate of drug-likeness (QED) is 0.650. The summed E-state index contributed by atoms with van der Waals surface area (Å²) >= 11 is 0. The highest BCUT2D eigenvalue weighted by atomic mass is 15.4. The summed E-state index contributed by atoms with van der Waals surface area (Å²) in [6.45, 7) is 0. The standard InChI is InChI=1S/C7H12N4/c1-8-7(3-4-7)6-5-11(2)10-9-6/h5,8H,3-4H2,1-2H3. The maximum atomic E-state index is 4.07. The molecule has 1 aliphatic rings. The predicted molar refractivity (Wildman–Crippen MR) is 41.0 cm³/mol. The average molecular weight is 152 g/mol. The second kappa shape index (κ2) is 2.04. The molecule has 11 heavy (non-hydrogen) atoms. The van der Waals surface area contributed by atoms with Crippen LogP contribution in [0.2, 0.25) is 0 Å². The van der Waals surface area contributed by atoms with Crippen LogP contribution in [0.15, 0.2) is 6.20 Å². The first-order valence-corrected chi connectivity index (χ1v) is 3.82. The van der Waals surface area contributed by atoms with Gasteiger partial charge < -0.3 is 5.32 Å². The van der Waals surface area contributed by atoms with E-state index in [-0.39, 0.29) is 5.54 Å². The van der Waals surface area contributed by atoms with Gasteiger partial charge in [0.1, 0.15) is 5.69 Å². The van der Waals surface area contributed by atoms with Crippen molar-refractivity contribution >= 4 is 0 Å². The van der Waals surface area contributed by atoms with Crippen LogP contribution in [0.1, 0.15) is 18.5 Å². The summed E-state index contributed by atoms with van der Waals surface area (Å²) in [7, 11) is 3.86. The molecule has 1 heterocycles. The molecule has 1 N–H and O–H groups in total. The summed E-state index contributed by atoms with van der Waals surface area (Å²) in [5, 5.41) is 11.2. The lowest BCUT2D eigenvalue weighted by atomic mass is 10.2. The molecular weight excluding hydrogens is 140 g/mol. The Bertz CT molecular complexity index is 261. The third kappa shape index (κ3) is 0.939. The van der Waals surface area contributed by atoms with E-state index in [2.05, 4.69) is 15.6 Å². The van der Waals surface area contributed by atoms with Gasteiger partial charge in [-0.25, -0.2) is 0 Å².